The minimum absolute atomic E-state index is 0.0583. The maximum atomic E-state index is 11.1. The van der Waals surface area contributed by atoms with Crippen LogP contribution in [0.3, 0.4) is 0 Å². The average molecular weight is 197 g/mol. The Balaban J connectivity index is 3.69. The van der Waals surface area contributed by atoms with Crippen LogP contribution in [0.4, 0.5) is 0 Å². The molecule has 0 radical (unpaired) electrons. The zero-order valence-electron chi connectivity index (χ0n) is 9.17. The number of hydrogen-bond donors (Lipinski definition) is 1. The first-order chi connectivity index (χ1) is 6.60. The van der Waals surface area contributed by atoms with Gasteiger partial charge in [0, 0.05) is 12.5 Å². The summed E-state index contributed by atoms with van der Waals surface area (Å²) in [6.45, 7) is 5.93. The summed E-state index contributed by atoms with van der Waals surface area (Å²) >= 11 is 0. The van der Waals surface area contributed by atoms with Crippen molar-refractivity contribution in [2.75, 3.05) is 6.54 Å². The van der Waals surface area contributed by atoms with E-state index in [2.05, 4.69) is 11.2 Å². The summed E-state index contributed by atoms with van der Waals surface area (Å²) in [4.78, 5) is 11.1. The van der Waals surface area contributed by atoms with Crippen LogP contribution in [0, 0.1) is 12.3 Å². The Morgan fingerprint density at radius 2 is 2.21 bits per heavy atom. The molecule has 0 aliphatic heterocycles. The Morgan fingerprint density at radius 3 is 2.64 bits per heavy atom. The fourth-order valence-corrected chi connectivity index (χ4v) is 1.04. The molecule has 0 rings (SSSR count). The minimum Gasteiger partial charge on any atom is -0.462 e. The van der Waals surface area contributed by atoms with Gasteiger partial charge < -0.3 is 10.1 Å². The number of nitrogens with one attached hydrogen (secondary N) is 1. The van der Waals surface area contributed by atoms with E-state index in [0.717, 1.165) is 6.42 Å². The molecule has 0 aromatic rings. The van der Waals surface area contributed by atoms with Crippen LogP contribution in [-0.2, 0) is 9.53 Å². The summed E-state index contributed by atoms with van der Waals surface area (Å²) in [5.74, 6) is 2.34. The fraction of sp³-hybridized carbons (Fsp3) is 0.727. The van der Waals surface area contributed by atoms with Gasteiger partial charge in [0.05, 0.1) is 12.6 Å². The van der Waals surface area contributed by atoms with Crippen LogP contribution in [0.15, 0.2) is 0 Å². The van der Waals surface area contributed by atoms with Crippen LogP contribution in [0.25, 0.3) is 0 Å². The standard InChI is InChI=1S/C11H19NO2/c1-5-7-10(6-2)12-8-11(13)14-9(3)4/h1,9-10,12H,6-8H2,2-4H3. The van der Waals surface area contributed by atoms with Gasteiger partial charge in [-0.15, -0.1) is 12.3 Å². The van der Waals surface area contributed by atoms with Crippen LogP contribution >= 0.6 is 0 Å². The molecule has 80 valence electrons. The lowest BCUT2D eigenvalue weighted by atomic mass is 10.1. The molecular weight excluding hydrogens is 178 g/mol. The highest BCUT2D eigenvalue weighted by Gasteiger charge is 2.08. The van der Waals surface area contributed by atoms with Crippen LogP contribution in [-0.4, -0.2) is 24.7 Å². The van der Waals surface area contributed by atoms with E-state index in [1.54, 1.807) is 0 Å². The molecule has 3 heteroatoms. The number of rotatable bonds is 6. The first-order valence-corrected chi connectivity index (χ1v) is 4.96. The van der Waals surface area contributed by atoms with Crippen molar-refractivity contribution in [2.45, 2.75) is 45.8 Å². The maximum Gasteiger partial charge on any atom is 0.320 e. The number of carbonyl (C=O) groups excluding carboxylic acids is 1. The molecule has 0 bridgehead atoms. The lowest BCUT2D eigenvalue weighted by Gasteiger charge is -2.14. The van der Waals surface area contributed by atoms with Gasteiger partial charge >= 0.3 is 5.97 Å². The highest BCUT2D eigenvalue weighted by atomic mass is 16.5. The Bertz CT molecular complexity index is 206. The third kappa shape index (κ3) is 6.50. The molecule has 0 amide bonds. The van der Waals surface area contributed by atoms with Gasteiger partial charge in [0.15, 0.2) is 0 Å². The van der Waals surface area contributed by atoms with Gasteiger partial charge in [0.1, 0.15) is 0 Å². The molecule has 0 aromatic heterocycles. The second-order valence-electron chi connectivity index (χ2n) is 3.43. The summed E-state index contributed by atoms with van der Waals surface area (Å²) in [7, 11) is 0. The quantitative estimate of drug-likeness (QED) is 0.515. The topological polar surface area (TPSA) is 38.3 Å². The largest absolute Gasteiger partial charge is 0.462 e. The lowest BCUT2D eigenvalue weighted by molar-refractivity contribution is -0.146. The number of terminal acetylenes is 1. The summed E-state index contributed by atoms with van der Waals surface area (Å²) in [5.41, 5.74) is 0. The van der Waals surface area contributed by atoms with E-state index in [1.165, 1.54) is 0 Å². The molecule has 1 unspecified atom stereocenters. The molecular formula is C11H19NO2. The van der Waals surface area contributed by atoms with Crippen LogP contribution in [0.5, 0.6) is 0 Å². The summed E-state index contributed by atoms with van der Waals surface area (Å²) in [6, 6.07) is 0.208. The monoisotopic (exact) mass is 197 g/mol. The molecule has 0 spiro atoms. The van der Waals surface area contributed by atoms with Crippen LogP contribution in [0.1, 0.15) is 33.6 Å². The number of ether oxygens (including phenoxy) is 1. The molecule has 0 saturated heterocycles. The van der Waals surface area contributed by atoms with Crippen LogP contribution < -0.4 is 5.32 Å². The van der Waals surface area contributed by atoms with Gasteiger partial charge in [-0.05, 0) is 20.3 Å². The van der Waals surface area contributed by atoms with Crippen molar-refractivity contribution in [1.29, 1.82) is 0 Å². The SMILES string of the molecule is C#CCC(CC)NCC(=O)OC(C)C. The van der Waals surface area contributed by atoms with E-state index in [9.17, 15) is 4.79 Å². The Morgan fingerprint density at radius 1 is 1.57 bits per heavy atom. The van der Waals surface area contributed by atoms with Crippen molar-refractivity contribution < 1.29 is 9.53 Å². The Labute approximate surface area is 86.2 Å². The van der Waals surface area contributed by atoms with E-state index < -0.39 is 0 Å². The summed E-state index contributed by atoms with van der Waals surface area (Å²) < 4.78 is 4.97. The van der Waals surface area contributed by atoms with E-state index in [0.29, 0.717) is 6.42 Å². The Kier molecular flexibility index (Phi) is 6.87. The summed E-state index contributed by atoms with van der Waals surface area (Å²) in [5, 5.41) is 3.06. The summed E-state index contributed by atoms with van der Waals surface area (Å²) in [6.07, 6.45) is 6.69. The number of hydrogen-bond acceptors (Lipinski definition) is 3. The second-order valence-corrected chi connectivity index (χ2v) is 3.43. The number of esters is 1. The molecule has 0 heterocycles. The van der Waals surface area contributed by atoms with Gasteiger partial charge in [-0.25, -0.2) is 0 Å². The zero-order chi connectivity index (χ0) is 11.0. The average Bonchev–Trinajstić information content (AvgIpc) is 2.11. The first-order valence-electron chi connectivity index (χ1n) is 4.96. The molecule has 0 aliphatic rings. The fourth-order valence-electron chi connectivity index (χ4n) is 1.04. The normalized spacial score (nSPS) is 12.2. The van der Waals surface area contributed by atoms with Crippen molar-refractivity contribution in [1.82, 2.24) is 5.32 Å². The van der Waals surface area contributed by atoms with E-state index in [-0.39, 0.29) is 24.7 Å². The van der Waals surface area contributed by atoms with Gasteiger partial charge in [-0.2, -0.15) is 0 Å². The third-order valence-electron chi connectivity index (χ3n) is 1.76. The molecule has 0 fully saturated rings. The molecule has 0 aliphatic carbocycles. The molecule has 1 atom stereocenters. The van der Waals surface area contributed by atoms with Crippen molar-refractivity contribution in [2.24, 2.45) is 0 Å². The lowest BCUT2D eigenvalue weighted by Crippen LogP contribution is -2.34. The molecule has 0 saturated carbocycles. The molecule has 0 aromatic carbocycles. The van der Waals surface area contributed by atoms with Gasteiger partial charge in [0.2, 0.25) is 0 Å². The van der Waals surface area contributed by atoms with E-state index in [1.807, 2.05) is 20.8 Å². The molecule has 3 nitrogen and oxygen atoms in total. The van der Waals surface area contributed by atoms with E-state index in [4.69, 9.17) is 11.2 Å². The molecule has 14 heavy (non-hydrogen) atoms. The van der Waals surface area contributed by atoms with Crippen molar-refractivity contribution in [3.63, 3.8) is 0 Å². The van der Waals surface area contributed by atoms with E-state index >= 15 is 0 Å². The molecule has 1 N–H and O–H groups in total. The second kappa shape index (κ2) is 7.40. The predicted octanol–water partition coefficient (Wildman–Crippen LogP) is 1.33. The first kappa shape index (κ1) is 13.0. The minimum atomic E-state index is -0.226. The smallest absolute Gasteiger partial charge is 0.320 e. The zero-order valence-corrected chi connectivity index (χ0v) is 9.17. The highest BCUT2D eigenvalue weighted by molar-refractivity contribution is 5.71. The van der Waals surface area contributed by atoms with Gasteiger partial charge in [0.25, 0.3) is 0 Å². The van der Waals surface area contributed by atoms with Crippen molar-refractivity contribution in [3.05, 3.63) is 0 Å². The van der Waals surface area contributed by atoms with Gasteiger partial charge in [-0.3, -0.25) is 4.79 Å². The predicted molar refractivity (Wildman–Crippen MR) is 56.8 cm³/mol. The van der Waals surface area contributed by atoms with Gasteiger partial charge in [-0.1, -0.05) is 6.92 Å². The number of carbonyl (C=O) groups is 1. The van der Waals surface area contributed by atoms with Crippen molar-refractivity contribution in [3.8, 4) is 12.3 Å². The Hall–Kier alpha value is -1.01. The van der Waals surface area contributed by atoms with Crippen molar-refractivity contribution >= 4 is 5.97 Å². The highest BCUT2D eigenvalue weighted by Crippen LogP contribution is 1.96. The van der Waals surface area contributed by atoms with Crippen LogP contribution in [0.2, 0.25) is 0 Å². The third-order valence-corrected chi connectivity index (χ3v) is 1.76. The maximum absolute atomic E-state index is 11.1.